The van der Waals surface area contributed by atoms with Gasteiger partial charge < -0.3 is 0 Å². The molecule has 0 atom stereocenters. The van der Waals surface area contributed by atoms with E-state index < -0.39 is 0 Å². The van der Waals surface area contributed by atoms with Crippen LogP contribution in [0.25, 0.3) is 53.9 Å². The lowest BCUT2D eigenvalue weighted by Crippen LogP contribution is -2.02. The zero-order valence-electron chi connectivity index (χ0n) is 20.4. The average molecular weight is 461 g/mol. The van der Waals surface area contributed by atoms with E-state index >= 15 is 0 Å². The molecule has 0 spiro atoms. The molecular formula is C36H28. The Bertz CT molecular complexity index is 1750. The third-order valence-electron chi connectivity index (χ3n) is 7.83. The first-order chi connectivity index (χ1) is 17.8. The first-order valence-corrected chi connectivity index (χ1v) is 13.1. The SMILES string of the molecule is c1ccc2c(c1)ccc1c3c(ccc12)CCCC3.c1ccc2cc3cc4ccccc4cc3cc2c1. The summed E-state index contributed by atoms with van der Waals surface area (Å²) in [5.41, 5.74) is 3.17. The van der Waals surface area contributed by atoms with Crippen LogP contribution in [-0.2, 0) is 12.8 Å². The van der Waals surface area contributed by atoms with Crippen molar-refractivity contribution in [2.45, 2.75) is 25.7 Å². The van der Waals surface area contributed by atoms with Gasteiger partial charge in [0, 0.05) is 0 Å². The van der Waals surface area contributed by atoms with Gasteiger partial charge in [-0.25, -0.2) is 0 Å². The summed E-state index contributed by atoms with van der Waals surface area (Å²) < 4.78 is 0. The summed E-state index contributed by atoms with van der Waals surface area (Å²) in [4.78, 5) is 0. The van der Waals surface area contributed by atoms with Gasteiger partial charge in [0.25, 0.3) is 0 Å². The van der Waals surface area contributed by atoms with Gasteiger partial charge in [0.15, 0.2) is 0 Å². The molecule has 0 aliphatic heterocycles. The zero-order valence-corrected chi connectivity index (χ0v) is 20.4. The van der Waals surface area contributed by atoms with E-state index in [1.54, 1.807) is 11.1 Å². The molecule has 7 aromatic rings. The molecule has 0 heterocycles. The van der Waals surface area contributed by atoms with Crippen molar-refractivity contribution in [2.24, 2.45) is 0 Å². The van der Waals surface area contributed by atoms with Gasteiger partial charge in [-0.05, 0) is 115 Å². The van der Waals surface area contributed by atoms with Crippen molar-refractivity contribution in [3.8, 4) is 0 Å². The fourth-order valence-electron chi connectivity index (χ4n) is 5.98. The number of hydrogen-bond donors (Lipinski definition) is 0. The van der Waals surface area contributed by atoms with Gasteiger partial charge in [0.1, 0.15) is 0 Å². The topological polar surface area (TPSA) is 0 Å². The van der Waals surface area contributed by atoms with Crippen LogP contribution in [0, 0.1) is 0 Å². The highest BCUT2D eigenvalue weighted by atomic mass is 14.2. The Hall–Kier alpha value is -4.16. The van der Waals surface area contributed by atoms with Crippen molar-refractivity contribution in [1.29, 1.82) is 0 Å². The van der Waals surface area contributed by atoms with Crippen molar-refractivity contribution in [2.75, 3.05) is 0 Å². The predicted molar refractivity (Wildman–Crippen MR) is 157 cm³/mol. The first-order valence-electron chi connectivity index (χ1n) is 13.1. The summed E-state index contributed by atoms with van der Waals surface area (Å²) in [6.07, 6.45) is 5.22. The minimum Gasteiger partial charge on any atom is -0.0616 e. The largest absolute Gasteiger partial charge is 0.0616 e. The maximum Gasteiger partial charge on any atom is -0.0102 e. The Balaban J connectivity index is 0.000000122. The van der Waals surface area contributed by atoms with E-state index in [2.05, 4.69) is 121 Å². The van der Waals surface area contributed by atoms with Crippen molar-refractivity contribution in [3.05, 3.63) is 132 Å². The van der Waals surface area contributed by atoms with Crippen LogP contribution in [0.3, 0.4) is 0 Å². The fourth-order valence-corrected chi connectivity index (χ4v) is 5.98. The van der Waals surface area contributed by atoms with Gasteiger partial charge in [-0.3, -0.25) is 0 Å². The lowest BCUT2D eigenvalue weighted by Gasteiger charge is -2.18. The molecule has 0 heteroatoms. The van der Waals surface area contributed by atoms with E-state index in [4.69, 9.17) is 0 Å². The van der Waals surface area contributed by atoms with E-state index in [0.717, 1.165) is 0 Å². The van der Waals surface area contributed by atoms with E-state index in [9.17, 15) is 0 Å². The third-order valence-corrected chi connectivity index (χ3v) is 7.83. The number of rotatable bonds is 0. The summed E-state index contributed by atoms with van der Waals surface area (Å²) in [6.45, 7) is 0. The fraction of sp³-hybridized carbons (Fsp3) is 0.111. The summed E-state index contributed by atoms with van der Waals surface area (Å²) in [5.74, 6) is 0. The van der Waals surface area contributed by atoms with Gasteiger partial charge in [0.05, 0.1) is 0 Å². The molecule has 0 saturated heterocycles. The standard InChI is InChI=1S/C18H16.C18H12/c1-3-7-15-13(5-1)9-11-18-16-8-4-2-6-14(16)10-12-17(15)18;1-2-6-14-10-18-12-16-8-4-3-7-15(16)11-17(18)9-13(14)5-1/h1,3,5,7,9-12H,2,4,6,8H2;1-12H. The Morgan fingerprint density at radius 2 is 0.833 bits per heavy atom. The molecule has 0 saturated carbocycles. The molecule has 0 bridgehead atoms. The predicted octanol–water partition coefficient (Wildman–Crippen LogP) is 10.0. The summed E-state index contributed by atoms with van der Waals surface area (Å²) >= 11 is 0. The monoisotopic (exact) mass is 460 g/mol. The zero-order chi connectivity index (χ0) is 23.9. The van der Waals surface area contributed by atoms with Crippen LogP contribution < -0.4 is 0 Å². The van der Waals surface area contributed by atoms with Crippen LogP contribution in [-0.4, -0.2) is 0 Å². The first kappa shape index (κ1) is 21.1. The maximum absolute atomic E-state index is 2.35. The normalized spacial score (nSPS) is 13.1. The van der Waals surface area contributed by atoms with Crippen molar-refractivity contribution < 1.29 is 0 Å². The molecule has 0 N–H and O–H groups in total. The van der Waals surface area contributed by atoms with Gasteiger partial charge in [-0.15, -0.1) is 0 Å². The molecule has 172 valence electrons. The number of aryl methyl sites for hydroxylation is 2. The molecule has 7 aromatic carbocycles. The summed E-state index contributed by atoms with van der Waals surface area (Å²) in [6, 6.07) is 44.1. The molecule has 1 aliphatic rings. The highest BCUT2D eigenvalue weighted by Gasteiger charge is 2.13. The average Bonchev–Trinajstić information content (AvgIpc) is 2.95. The van der Waals surface area contributed by atoms with Gasteiger partial charge in [0.2, 0.25) is 0 Å². The van der Waals surface area contributed by atoms with Crippen LogP contribution in [0.2, 0.25) is 0 Å². The van der Waals surface area contributed by atoms with E-state index in [1.807, 2.05) is 0 Å². The minimum atomic E-state index is 1.25. The van der Waals surface area contributed by atoms with E-state index in [-0.39, 0.29) is 0 Å². The second-order valence-electron chi connectivity index (χ2n) is 10.0. The molecule has 8 rings (SSSR count). The number of hydrogen-bond acceptors (Lipinski definition) is 0. The molecule has 0 radical (unpaired) electrons. The molecule has 0 unspecified atom stereocenters. The van der Waals surface area contributed by atoms with Crippen LogP contribution in [0.4, 0.5) is 0 Å². The van der Waals surface area contributed by atoms with Gasteiger partial charge in [-0.2, -0.15) is 0 Å². The molecule has 1 aliphatic carbocycles. The number of benzene rings is 7. The second-order valence-corrected chi connectivity index (χ2v) is 10.0. The summed E-state index contributed by atoms with van der Waals surface area (Å²) in [5, 5.41) is 13.5. The smallest absolute Gasteiger partial charge is 0.0102 e. The minimum absolute atomic E-state index is 1.25. The van der Waals surface area contributed by atoms with Gasteiger partial charge >= 0.3 is 0 Å². The highest BCUT2D eigenvalue weighted by molar-refractivity contribution is 6.09. The van der Waals surface area contributed by atoms with E-state index in [1.165, 1.54) is 79.5 Å². The lowest BCUT2D eigenvalue weighted by atomic mass is 9.86. The third kappa shape index (κ3) is 3.71. The van der Waals surface area contributed by atoms with Crippen LogP contribution in [0.5, 0.6) is 0 Å². The van der Waals surface area contributed by atoms with Crippen LogP contribution in [0.1, 0.15) is 24.0 Å². The Morgan fingerprint density at radius 1 is 0.333 bits per heavy atom. The molecule has 0 nitrogen and oxygen atoms in total. The quantitative estimate of drug-likeness (QED) is 0.156. The second kappa shape index (κ2) is 8.81. The highest BCUT2D eigenvalue weighted by Crippen LogP contribution is 2.33. The van der Waals surface area contributed by atoms with Gasteiger partial charge in [-0.1, -0.05) is 97.1 Å². The van der Waals surface area contributed by atoms with Crippen molar-refractivity contribution in [3.63, 3.8) is 0 Å². The molecule has 0 amide bonds. The Labute approximate surface area is 211 Å². The molecule has 0 fully saturated rings. The lowest BCUT2D eigenvalue weighted by molar-refractivity contribution is 0.690. The van der Waals surface area contributed by atoms with E-state index in [0.29, 0.717) is 0 Å². The van der Waals surface area contributed by atoms with Crippen molar-refractivity contribution >= 4 is 53.9 Å². The Kier molecular flexibility index (Phi) is 5.17. The molecule has 0 aromatic heterocycles. The van der Waals surface area contributed by atoms with Crippen LogP contribution in [0.15, 0.2) is 121 Å². The Morgan fingerprint density at radius 3 is 1.44 bits per heavy atom. The molecule has 36 heavy (non-hydrogen) atoms. The van der Waals surface area contributed by atoms with Crippen LogP contribution >= 0.6 is 0 Å². The molecular weight excluding hydrogens is 432 g/mol. The van der Waals surface area contributed by atoms with Crippen molar-refractivity contribution in [1.82, 2.24) is 0 Å². The maximum atomic E-state index is 2.35. The summed E-state index contributed by atoms with van der Waals surface area (Å²) in [7, 11) is 0. The number of fused-ring (bicyclic) bond motifs is 8.